The molecule has 94 valence electrons. The Bertz CT molecular complexity index is 209. The van der Waals surface area contributed by atoms with Gasteiger partial charge < -0.3 is 20.1 Å². The van der Waals surface area contributed by atoms with Crippen LogP contribution in [0.25, 0.3) is 0 Å². The summed E-state index contributed by atoms with van der Waals surface area (Å²) in [5.74, 6) is 0. The van der Waals surface area contributed by atoms with E-state index in [2.05, 4.69) is 12.2 Å². The van der Waals surface area contributed by atoms with E-state index < -0.39 is 0 Å². The van der Waals surface area contributed by atoms with Gasteiger partial charge in [-0.05, 0) is 12.8 Å². The molecule has 1 amide bonds. The van der Waals surface area contributed by atoms with Crippen molar-refractivity contribution in [2.75, 3.05) is 32.8 Å². The Morgan fingerprint density at radius 1 is 1.62 bits per heavy atom. The highest BCUT2D eigenvalue weighted by Gasteiger charge is 2.23. The maximum Gasteiger partial charge on any atom is 0.409 e. The summed E-state index contributed by atoms with van der Waals surface area (Å²) in [4.78, 5) is 13.4. The molecular weight excluding hydrogens is 208 g/mol. The predicted octanol–water partition coefficient (Wildman–Crippen LogP) is 0.579. The minimum absolute atomic E-state index is 0.149. The van der Waals surface area contributed by atoms with E-state index in [4.69, 9.17) is 9.84 Å². The molecule has 0 radical (unpaired) electrons. The van der Waals surface area contributed by atoms with Gasteiger partial charge in [-0.2, -0.15) is 0 Å². The molecule has 0 spiro atoms. The zero-order valence-electron chi connectivity index (χ0n) is 9.95. The normalized spacial score (nSPS) is 20.9. The van der Waals surface area contributed by atoms with Crippen LogP contribution < -0.4 is 5.32 Å². The Kier molecular flexibility index (Phi) is 6.18. The Morgan fingerprint density at radius 2 is 2.44 bits per heavy atom. The van der Waals surface area contributed by atoms with Gasteiger partial charge in [-0.25, -0.2) is 4.79 Å². The van der Waals surface area contributed by atoms with E-state index in [0.29, 0.717) is 26.1 Å². The second-order valence-electron chi connectivity index (χ2n) is 4.08. The summed E-state index contributed by atoms with van der Waals surface area (Å²) in [6.45, 7) is 4.81. The fourth-order valence-corrected chi connectivity index (χ4v) is 1.74. The zero-order chi connectivity index (χ0) is 11.8. The van der Waals surface area contributed by atoms with Gasteiger partial charge in [-0.15, -0.1) is 0 Å². The molecule has 1 fully saturated rings. The first-order valence-corrected chi connectivity index (χ1v) is 6.04. The molecule has 0 aromatic heterocycles. The van der Waals surface area contributed by atoms with Crippen molar-refractivity contribution in [1.29, 1.82) is 0 Å². The average molecular weight is 230 g/mol. The average Bonchev–Trinajstić information content (AvgIpc) is 2.30. The van der Waals surface area contributed by atoms with E-state index >= 15 is 0 Å². The van der Waals surface area contributed by atoms with Crippen molar-refractivity contribution >= 4 is 6.09 Å². The monoisotopic (exact) mass is 230 g/mol. The van der Waals surface area contributed by atoms with Crippen LogP contribution in [0.15, 0.2) is 0 Å². The maximum atomic E-state index is 11.6. The molecule has 0 aromatic rings. The summed E-state index contributed by atoms with van der Waals surface area (Å²) in [5.41, 5.74) is 0. The molecule has 0 saturated carbocycles. The molecule has 16 heavy (non-hydrogen) atoms. The van der Waals surface area contributed by atoms with Crippen LogP contribution in [-0.2, 0) is 4.74 Å². The first kappa shape index (κ1) is 13.3. The fraction of sp³-hybridized carbons (Fsp3) is 0.909. The molecule has 0 bridgehead atoms. The number of ether oxygens (including phenoxy) is 1. The number of rotatable bonds is 5. The Labute approximate surface area is 96.8 Å². The molecule has 1 unspecified atom stereocenters. The van der Waals surface area contributed by atoms with Crippen LogP contribution in [0.4, 0.5) is 4.79 Å². The van der Waals surface area contributed by atoms with Crippen LogP contribution in [0.1, 0.15) is 26.2 Å². The summed E-state index contributed by atoms with van der Waals surface area (Å²) < 4.78 is 5.15. The lowest BCUT2D eigenvalue weighted by Gasteiger charge is -2.32. The van der Waals surface area contributed by atoms with Crippen molar-refractivity contribution in [2.24, 2.45) is 0 Å². The fourth-order valence-electron chi connectivity index (χ4n) is 1.74. The summed E-state index contributed by atoms with van der Waals surface area (Å²) in [6.07, 6.45) is 2.40. The third-order valence-corrected chi connectivity index (χ3v) is 2.71. The standard InChI is InChI=1S/C11H22N2O3/c1-2-3-8-16-11(15)13-6-5-12-10(9-13)4-7-14/h10,12,14H,2-9H2,1H3. The van der Waals surface area contributed by atoms with Crippen LogP contribution in [0.3, 0.4) is 0 Å². The lowest BCUT2D eigenvalue weighted by molar-refractivity contribution is 0.0865. The third kappa shape index (κ3) is 4.37. The number of amides is 1. The van der Waals surface area contributed by atoms with E-state index in [9.17, 15) is 4.79 Å². The number of carbonyl (C=O) groups is 1. The number of aliphatic hydroxyl groups is 1. The molecule has 1 heterocycles. The van der Waals surface area contributed by atoms with E-state index in [1.54, 1.807) is 4.90 Å². The van der Waals surface area contributed by atoms with Crippen molar-refractivity contribution in [3.63, 3.8) is 0 Å². The van der Waals surface area contributed by atoms with E-state index in [1.807, 2.05) is 0 Å². The minimum atomic E-state index is -0.224. The van der Waals surface area contributed by atoms with Gasteiger partial charge >= 0.3 is 6.09 Å². The summed E-state index contributed by atoms with van der Waals surface area (Å²) in [5, 5.41) is 12.1. The van der Waals surface area contributed by atoms with E-state index in [-0.39, 0.29) is 18.7 Å². The van der Waals surface area contributed by atoms with Crippen molar-refractivity contribution in [2.45, 2.75) is 32.2 Å². The van der Waals surface area contributed by atoms with Gasteiger partial charge in [0, 0.05) is 32.3 Å². The second kappa shape index (κ2) is 7.46. The molecule has 0 aromatic carbocycles. The molecule has 1 atom stereocenters. The molecular formula is C11H22N2O3. The molecule has 0 aliphatic carbocycles. The van der Waals surface area contributed by atoms with Gasteiger partial charge in [0.05, 0.1) is 6.61 Å². The molecule has 1 aliphatic rings. The smallest absolute Gasteiger partial charge is 0.409 e. The SMILES string of the molecule is CCCCOC(=O)N1CCNC(CCO)C1. The number of nitrogens with zero attached hydrogens (tertiary/aromatic N) is 1. The van der Waals surface area contributed by atoms with Gasteiger partial charge in [0.15, 0.2) is 0 Å². The molecule has 1 aliphatic heterocycles. The topological polar surface area (TPSA) is 61.8 Å². The van der Waals surface area contributed by atoms with Gasteiger partial charge in [0.25, 0.3) is 0 Å². The van der Waals surface area contributed by atoms with Crippen molar-refractivity contribution < 1.29 is 14.6 Å². The van der Waals surface area contributed by atoms with Crippen LogP contribution in [-0.4, -0.2) is 55.0 Å². The van der Waals surface area contributed by atoms with Crippen LogP contribution in [0.5, 0.6) is 0 Å². The highest BCUT2D eigenvalue weighted by molar-refractivity contribution is 5.67. The van der Waals surface area contributed by atoms with Crippen molar-refractivity contribution in [3.8, 4) is 0 Å². The number of aliphatic hydroxyl groups excluding tert-OH is 1. The Balaban J connectivity index is 2.26. The molecule has 5 heteroatoms. The molecule has 1 rings (SSSR count). The second-order valence-corrected chi connectivity index (χ2v) is 4.08. The third-order valence-electron chi connectivity index (χ3n) is 2.71. The first-order valence-electron chi connectivity index (χ1n) is 6.04. The van der Waals surface area contributed by atoms with Gasteiger partial charge in [0.2, 0.25) is 0 Å². The molecule has 1 saturated heterocycles. The molecule has 5 nitrogen and oxygen atoms in total. The van der Waals surface area contributed by atoms with Gasteiger partial charge in [0.1, 0.15) is 0 Å². The summed E-state index contributed by atoms with van der Waals surface area (Å²) in [7, 11) is 0. The first-order chi connectivity index (χ1) is 7.77. The largest absolute Gasteiger partial charge is 0.449 e. The number of hydrogen-bond acceptors (Lipinski definition) is 4. The number of unbranched alkanes of at least 4 members (excludes halogenated alkanes) is 1. The maximum absolute atomic E-state index is 11.6. The quantitative estimate of drug-likeness (QED) is 0.678. The predicted molar refractivity (Wildman–Crippen MR) is 61.3 cm³/mol. The van der Waals surface area contributed by atoms with Crippen LogP contribution in [0, 0.1) is 0 Å². The van der Waals surface area contributed by atoms with E-state index in [1.165, 1.54) is 0 Å². The van der Waals surface area contributed by atoms with Gasteiger partial charge in [-0.3, -0.25) is 0 Å². The lowest BCUT2D eigenvalue weighted by Crippen LogP contribution is -2.53. The van der Waals surface area contributed by atoms with Crippen molar-refractivity contribution in [1.82, 2.24) is 10.2 Å². The number of carbonyl (C=O) groups excluding carboxylic acids is 1. The lowest BCUT2D eigenvalue weighted by atomic mass is 10.1. The van der Waals surface area contributed by atoms with Crippen LogP contribution in [0.2, 0.25) is 0 Å². The van der Waals surface area contributed by atoms with E-state index in [0.717, 1.165) is 19.4 Å². The van der Waals surface area contributed by atoms with Crippen LogP contribution >= 0.6 is 0 Å². The van der Waals surface area contributed by atoms with Crippen molar-refractivity contribution in [3.05, 3.63) is 0 Å². The number of nitrogens with one attached hydrogen (secondary N) is 1. The highest BCUT2D eigenvalue weighted by atomic mass is 16.6. The summed E-state index contributed by atoms with van der Waals surface area (Å²) >= 11 is 0. The highest BCUT2D eigenvalue weighted by Crippen LogP contribution is 2.05. The van der Waals surface area contributed by atoms with Gasteiger partial charge in [-0.1, -0.05) is 13.3 Å². The molecule has 2 N–H and O–H groups in total. The summed E-state index contributed by atoms with van der Waals surface area (Å²) in [6, 6.07) is 0.192. The number of piperazine rings is 1. The Hall–Kier alpha value is -0.810. The zero-order valence-corrected chi connectivity index (χ0v) is 9.95. The number of hydrogen-bond donors (Lipinski definition) is 2. The minimum Gasteiger partial charge on any atom is -0.449 e. The Morgan fingerprint density at radius 3 is 3.12 bits per heavy atom.